The summed E-state index contributed by atoms with van der Waals surface area (Å²) < 4.78 is 6.13. The molecule has 1 radical (unpaired) electrons. The van der Waals surface area contributed by atoms with Gasteiger partial charge in [-0.2, -0.15) is 0 Å². The molecule has 0 saturated heterocycles. The van der Waals surface area contributed by atoms with E-state index in [0.29, 0.717) is 0 Å². The average Bonchev–Trinajstić information content (AvgIpc) is 3.10. The Morgan fingerprint density at radius 3 is 2.46 bits per heavy atom. The van der Waals surface area contributed by atoms with Crippen LogP contribution < -0.4 is 4.43 Å². The maximum Gasteiger partial charge on any atom is 1.00 e. The SMILES string of the molecule is Cc1cccc(N=C(c2ccccc2)c2cccs2)c1O[Si](C)C.[H+]. The molecule has 24 heavy (non-hydrogen) atoms. The fourth-order valence-corrected chi connectivity index (χ4v) is 3.86. The first-order chi connectivity index (χ1) is 11.6. The highest BCUT2D eigenvalue weighted by Gasteiger charge is 2.13. The summed E-state index contributed by atoms with van der Waals surface area (Å²) in [6.45, 7) is 6.36. The summed E-state index contributed by atoms with van der Waals surface area (Å²) in [5.74, 6) is 0.904. The number of rotatable bonds is 5. The van der Waals surface area contributed by atoms with Gasteiger partial charge in [-0.05, 0) is 43.1 Å². The van der Waals surface area contributed by atoms with E-state index in [2.05, 4.69) is 55.7 Å². The van der Waals surface area contributed by atoms with Crippen molar-refractivity contribution in [3.05, 3.63) is 82.0 Å². The number of para-hydroxylation sites is 1. The normalized spacial score (nSPS) is 11.8. The summed E-state index contributed by atoms with van der Waals surface area (Å²) in [6, 6.07) is 20.6. The molecule has 0 saturated carbocycles. The maximum absolute atomic E-state index is 6.13. The molecule has 121 valence electrons. The van der Waals surface area contributed by atoms with Crippen molar-refractivity contribution >= 4 is 31.8 Å². The summed E-state index contributed by atoms with van der Waals surface area (Å²) in [5, 5.41) is 2.08. The number of benzene rings is 2. The fourth-order valence-electron chi connectivity index (χ4n) is 2.45. The molecule has 0 unspecified atom stereocenters. The van der Waals surface area contributed by atoms with Gasteiger partial charge >= 0.3 is 1.43 Å². The third kappa shape index (κ3) is 3.83. The van der Waals surface area contributed by atoms with Crippen molar-refractivity contribution in [2.75, 3.05) is 0 Å². The fraction of sp³-hybridized carbons (Fsp3) is 0.150. The van der Waals surface area contributed by atoms with Crippen molar-refractivity contribution in [2.45, 2.75) is 20.0 Å². The lowest BCUT2D eigenvalue weighted by Gasteiger charge is -2.15. The lowest BCUT2D eigenvalue weighted by atomic mass is 10.1. The molecule has 0 aliphatic rings. The minimum absolute atomic E-state index is 0. The Bertz CT molecular complexity index is 832. The van der Waals surface area contributed by atoms with E-state index in [1.165, 1.54) is 0 Å². The van der Waals surface area contributed by atoms with Gasteiger partial charge in [0.15, 0.2) is 0 Å². The summed E-state index contributed by atoms with van der Waals surface area (Å²) in [5.41, 5.74) is 4.13. The van der Waals surface area contributed by atoms with E-state index in [0.717, 1.165) is 33.2 Å². The molecule has 4 heteroatoms. The van der Waals surface area contributed by atoms with Crippen LogP contribution >= 0.6 is 11.3 Å². The van der Waals surface area contributed by atoms with E-state index in [4.69, 9.17) is 9.42 Å². The molecular formula is C20H21NOSSi+. The predicted octanol–water partition coefficient (Wildman–Crippen LogP) is 5.97. The van der Waals surface area contributed by atoms with Crippen molar-refractivity contribution in [1.29, 1.82) is 0 Å². The molecule has 0 spiro atoms. The topological polar surface area (TPSA) is 21.6 Å². The zero-order chi connectivity index (χ0) is 16.9. The first-order valence-corrected chi connectivity index (χ1v) is 11.2. The van der Waals surface area contributed by atoms with Crippen LogP contribution in [0, 0.1) is 6.92 Å². The number of hydrogen-bond donors (Lipinski definition) is 0. The molecule has 0 bridgehead atoms. The van der Waals surface area contributed by atoms with Gasteiger partial charge in [0.25, 0.3) is 9.04 Å². The van der Waals surface area contributed by atoms with Crippen LogP contribution in [0.15, 0.2) is 71.0 Å². The minimum atomic E-state index is -0.850. The van der Waals surface area contributed by atoms with Crippen LogP contribution in [0.2, 0.25) is 13.1 Å². The Kier molecular flexibility index (Phi) is 5.28. The first-order valence-electron chi connectivity index (χ1n) is 7.91. The minimum Gasteiger partial charge on any atom is -0.541 e. The number of aliphatic imine (C=N–C) groups is 1. The predicted molar refractivity (Wildman–Crippen MR) is 106 cm³/mol. The maximum atomic E-state index is 6.13. The van der Waals surface area contributed by atoms with E-state index in [9.17, 15) is 0 Å². The molecular weight excluding hydrogens is 330 g/mol. The second-order valence-corrected chi connectivity index (χ2v) is 8.71. The Hall–Kier alpha value is -2.17. The molecule has 2 nitrogen and oxygen atoms in total. The standard InChI is InChI=1S/C20H20NOSSi/c1-15-9-7-12-17(20(15)22-24(2)3)21-19(18-13-8-14-23-18)16-10-5-4-6-11-16/h4-14H,1-3H3/p+1. The zero-order valence-electron chi connectivity index (χ0n) is 15.1. The van der Waals surface area contributed by atoms with Crippen molar-refractivity contribution < 1.29 is 5.85 Å². The molecule has 0 N–H and O–H groups in total. The van der Waals surface area contributed by atoms with E-state index < -0.39 is 9.04 Å². The van der Waals surface area contributed by atoms with Gasteiger partial charge in [0.2, 0.25) is 0 Å². The highest BCUT2D eigenvalue weighted by molar-refractivity contribution is 7.12. The summed E-state index contributed by atoms with van der Waals surface area (Å²) in [6.07, 6.45) is 0. The van der Waals surface area contributed by atoms with Gasteiger partial charge < -0.3 is 4.43 Å². The highest BCUT2D eigenvalue weighted by Crippen LogP contribution is 2.33. The van der Waals surface area contributed by atoms with Crippen LogP contribution in [-0.4, -0.2) is 14.8 Å². The van der Waals surface area contributed by atoms with Crippen LogP contribution in [0.1, 0.15) is 17.4 Å². The van der Waals surface area contributed by atoms with Gasteiger partial charge in [-0.1, -0.05) is 48.5 Å². The molecule has 2 aromatic carbocycles. The largest absolute Gasteiger partial charge is 1.00 e. The van der Waals surface area contributed by atoms with Gasteiger partial charge in [0.1, 0.15) is 11.4 Å². The number of hydrogen-bond acceptors (Lipinski definition) is 3. The Balaban J connectivity index is 0.00000225. The zero-order valence-corrected chi connectivity index (χ0v) is 15.9. The van der Waals surface area contributed by atoms with Gasteiger partial charge in [0, 0.05) is 5.56 Å². The smallest absolute Gasteiger partial charge is 0.541 e. The quantitative estimate of drug-likeness (QED) is 0.410. The van der Waals surface area contributed by atoms with Crippen LogP contribution in [0.4, 0.5) is 5.69 Å². The molecule has 0 amide bonds. The van der Waals surface area contributed by atoms with Crippen LogP contribution in [-0.2, 0) is 0 Å². The van der Waals surface area contributed by atoms with Crippen LogP contribution in [0.25, 0.3) is 0 Å². The molecule has 1 heterocycles. The lowest BCUT2D eigenvalue weighted by Crippen LogP contribution is -2.12. The number of thiophene rings is 1. The average molecular weight is 352 g/mol. The van der Waals surface area contributed by atoms with Crippen molar-refractivity contribution in [3.8, 4) is 5.75 Å². The highest BCUT2D eigenvalue weighted by atomic mass is 32.1. The van der Waals surface area contributed by atoms with Gasteiger partial charge in [-0.25, -0.2) is 4.99 Å². The monoisotopic (exact) mass is 351 g/mol. The lowest BCUT2D eigenvalue weighted by molar-refractivity contribution is 0.577. The van der Waals surface area contributed by atoms with E-state index >= 15 is 0 Å². The van der Waals surface area contributed by atoms with Crippen molar-refractivity contribution in [3.63, 3.8) is 0 Å². The molecule has 3 aromatic rings. The Morgan fingerprint density at radius 1 is 1.00 bits per heavy atom. The number of nitrogens with zero attached hydrogens (tertiary/aromatic N) is 1. The third-order valence-corrected chi connectivity index (χ3v) is 5.02. The molecule has 0 fully saturated rings. The van der Waals surface area contributed by atoms with Gasteiger partial charge in [0.05, 0.1) is 10.6 Å². The van der Waals surface area contributed by atoms with Crippen molar-refractivity contribution in [1.82, 2.24) is 0 Å². The third-order valence-electron chi connectivity index (χ3n) is 3.53. The molecule has 1 aromatic heterocycles. The first kappa shape index (κ1) is 16.7. The van der Waals surface area contributed by atoms with E-state index in [-0.39, 0.29) is 1.43 Å². The summed E-state index contributed by atoms with van der Waals surface area (Å²) in [7, 11) is -0.850. The summed E-state index contributed by atoms with van der Waals surface area (Å²) >= 11 is 1.70. The number of aryl methyl sites for hydroxylation is 1. The van der Waals surface area contributed by atoms with Crippen LogP contribution in [0.3, 0.4) is 0 Å². The second-order valence-electron chi connectivity index (χ2n) is 5.74. The second kappa shape index (κ2) is 7.60. The van der Waals surface area contributed by atoms with Gasteiger partial charge in [-0.3, -0.25) is 0 Å². The molecule has 0 aliphatic carbocycles. The molecule has 0 aliphatic heterocycles. The van der Waals surface area contributed by atoms with E-state index in [1.807, 2.05) is 30.3 Å². The van der Waals surface area contributed by atoms with Crippen LogP contribution in [0.5, 0.6) is 5.75 Å². The Morgan fingerprint density at radius 2 is 1.79 bits per heavy atom. The molecule has 3 rings (SSSR count). The van der Waals surface area contributed by atoms with Gasteiger partial charge in [-0.15, -0.1) is 11.3 Å². The Labute approximate surface area is 150 Å². The van der Waals surface area contributed by atoms with E-state index in [1.54, 1.807) is 11.3 Å². The van der Waals surface area contributed by atoms with Crippen molar-refractivity contribution in [2.24, 2.45) is 4.99 Å². The molecule has 0 atom stereocenters. The summed E-state index contributed by atoms with van der Waals surface area (Å²) in [4.78, 5) is 6.16.